The summed E-state index contributed by atoms with van der Waals surface area (Å²) in [5, 5.41) is 2.87. The topological polar surface area (TPSA) is 60.3 Å². The minimum absolute atomic E-state index is 0.189. The third kappa shape index (κ3) is 4.65. The van der Waals surface area contributed by atoms with Crippen molar-refractivity contribution >= 4 is 11.9 Å². The van der Waals surface area contributed by atoms with Crippen LogP contribution in [-0.4, -0.2) is 29.6 Å². The number of aryl methyl sites for hydroxylation is 1. The molecule has 0 aliphatic heterocycles. The molecule has 0 spiro atoms. The maximum absolute atomic E-state index is 12.8. The largest absolute Gasteiger partial charge is 0.467 e. The second kappa shape index (κ2) is 8.54. The van der Waals surface area contributed by atoms with E-state index >= 15 is 0 Å². The van der Waals surface area contributed by atoms with E-state index in [9.17, 15) is 9.59 Å². The Labute approximate surface area is 151 Å². The third-order valence-corrected chi connectivity index (χ3v) is 5.17. The molecule has 0 bridgehead atoms. The lowest BCUT2D eigenvalue weighted by atomic mass is 9.95. The quantitative estimate of drug-likeness (QED) is 0.793. The first-order chi connectivity index (χ1) is 11.8. The highest BCUT2D eigenvalue weighted by Crippen LogP contribution is 2.32. The average Bonchev–Trinajstić information content (AvgIpc) is 2.88. The normalized spacial score (nSPS) is 16.7. The Hall–Kier alpha value is -1.78. The fraction of sp³-hybridized carbons (Fsp3) is 0.700. The summed E-state index contributed by atoms with van der Waals surface area (Å²) < 4.78 is 7.15. The summed E-state index contributed by atoms with van der Waals surface area (Å²) in [5.41, 5.74) is 2.78. The SMILES string of the molecule is COC(=O)C(CC(C)C)NC(=O)c1cc(C)n(C2CCCCC2)c1C. The highest BCUT2D eigenvalue weighted by atomic mass is 16.5. The molecule has 1 N–H and O–H groups in total. The number of hydrogen-bond donors (Lipinski definition) is 1. The van der Waals surface area contributed by atoms with Crippen LogP contribution in [0.15, 0.2) is 6.07 Å². The number of ether oxygens (including phenoxy) is 1. The Morgan fingerprint density at radius 3 is 2.44 bits per heavy atom. The third-order valence-electron chi connectivity index (χ3n) is 5.17. The first kappa shape index (κ1) is 19.5. The van der Waals surface area contributed by atoms with E-state index in [1.165, 1.54) is 39.2 Å². The molecule has 0 aromatic carbocycles. The van der Waals surface area contributed by atoms with Crippen molar-refractivity contribution in [2.45, 2.75) is 78.3 Å². The predicted molar refractivity (Wildman–Crippen MR) is 98.8 cm³/mol. The Morgan fingerprint density at radius 2 is 1.88 bits per heavy atom. The Kier molecular flexibility index (Phi) is 6.68. The molecule has 0 saturated heterocycles. The zero-order chi connectivity index (χ0) is 18.6. The van der Waals surface area contributed by atoms with Gasteiger partial charge in [-0.15, -0.1) is 0 Å². The van der Waals surface area contributed by atoms with Gasteiger partial charge in [0, 0.05) is 17.4 Å². The summed E-state index contributed by atoms with van der Waals surface area (Å²) in [6, 6.07) is 1.83. The highest BCUT2D eigenvalue weighted by Gasteiger charge is 2.27. The Balaban J connectivity index is 2.19. The summed E-state index contributed by atoms with van der Waals surface area (Å²) in [6.07, 6.45) is 6.73. The number of methoxy groups -OCH3 is 1. The van der Waals surface area contributed by atoms with Crippen LogP contribution in [0.1, 0.15) is 80.2 Å². The summed E-state index contributed by atoms with van der Waals surface area (Å²) in [5.74, 6) is -0.284. The van der Waals surface area contributed by atoms with E-state index in [1.807, 2.05) is 26.8 Å². The molecule has 5 nitrogen and oxygen atoms in total. The van der Waals surface area contributed by atoms with Gasteiger partial charge < -0.3 is 14.6 Å². The van der Waals surface area contributed by atoms with E-state index < -0.39 is 6.04 Å². The molecule has 0 radical (unpaired) electrons. The van der Waals surface area contributed by atoms with Crippen molar-refractivity contribution in [3.05, 3.63) is 23.0 Å². The molecule has 1 atom stereocenters. The van der Waals surface area contributed by atoms with Crippen molar-refractivity contribution < 1.29 is 14.3 Å². The lowest BCUT2D eigenvalue weighted by molar-refractivity contribution is -0.143. The fourth-order valence-electron chi connectivity index (χ4n) is 3.97. The molecule has 1 aromatic rings. The minimum atomic E-state index is -0.602. The van der Waals surface area contributed by atoms with E-state index in [2.05, 4.69) is 16.8 Å². The molecule has 1 aliphatic rings. The molecular formula is C20H32N2O3. The van der Waals surface area contributed by atoms with Crippen LogP contribution in [0.3, 0.4) is 0 Å². The number of esters is 1. The van der Waals surface area contributed by atoms with E-state index in [-0.39, 0.29) is 11.9 Å². The van der Waals surface area contributed by atoms with Crippen molar-refractivity contribution in [3.8, 4) is 0 Å². The lowest BCUT2D eigenvalue weighted by Gasteiger charge is -2.26. The molecular weight excluding hydrogens is 316 g/mol. The van der Waals surface area contributed by atoms with Crippen molar-refractivity contribution in [2.75, 3.05) is 7.11 Å². The minimum Gasteiger partial charge on any atom is -0.467 e. The molecule has 1 aliphatic carbocycles. The van der Waals surface area contributed by atoms with Crippen LogP contribution in [0.5, 0.6) is 0 Å². The van der Waals surface area contributed by atoms with Crippen molar-refractivity contribution in [1.82, 2.24) is 9.88 Å². The van der Waals surface area contributed by atoms with Gasteiger partial charge in [0.2, 0.25) is 0 Å². The van der Waals surface area contributed by atoms with Crippen LogP contribution < -0.4 is 5.32 Å². The maximum Gasteiger partial charge on any atom is 0.328 e. The molecule has 1 saturated carbocycles. The summed E-state index contributed by atoms with van der Waals surface area (Å²) in [4.78, 5) is 24.8. The van der Waals surface area contributed by atoms with Crippen LogP contribution in [0.2, 0.25) is 0 Å². The summed E-state index contributed by atoms with van der Waals surface area (Å²) >= 11 is 0. The highest BCUT2D eigenvalue weighted by molar-refractivity contribution is 5.98. The average molecular weight is 348 g/mol. The molecule has 1 amide bonds. The molecule has 1 unspecified atom stereocenters. The summed E-state index contributed by atoms with van der Waals surface area (Å²) in [7, 11) is 1.36. The lowest BCUT2D eigenvalue weighted by Crippen LogP contribution is -2.42. The van der Waals surface area contributed by atoms with Gasteiger partial charge in [-0.05, 0) is 45.1 Å². The van der Waals surface area contributed by atoms with E-state index in [0.717, 1.165) is 11.4 Å². The first-order valence-electron chi connectivity index (χ1n) is 9.42. The fourth-order valence-corrected chi connectivity index (χ4v) is 3.97. The van der Waals surface area contributed by atoms with Gasteiger partial charge in [0.15, 0.2) is 0 Å². The van der Waals surface area contributed by atoms with Crippen LogP contribution in [0.25, 0.3) is 0 Å². The van der Waals surface area contributed by atoms with Gasteiger partial charge in [0.25, 0.3) is 5.91 Å². The first-order valence-corrected chi connectivity index (χ1v) is 9.42. The Bertz CT molecular complexity index is 613. The zero-order valence-electron chi connectivity index (χ0n) is 16.2. The van der Waals surface area contributed by atoms with Gasteiger partial charge in [-0.2, -0.15) is 0 Å². The van der Waals surface area contributed by atoms with Gasteiger partial charge in [0.05, 0.1) is 12.7 Å². The number of nitrogens with one attached hydrogen (secondary N) is 1. The van der Waals surface area contributed by atoms with Crippen molar-refractivity contribution in [2.24, 2.45) is 5.92 Å². The van der Waals surface area contributed by atoms with Gasteiger partial charge in [-0.3, -0.25) is 4.79 Å². The van der Waals surface area contributed by atoms with Crippen LogP contribution in [0.4, 0.5) is 0 Å². The standard InChI is InChI=1S/C20H32N2O3/c1-13(2)11-18(20(24)25-5)21-19(23)17-12-14(3)22(15(17)4)16-9-7-6-8-10-16/h12-13,16,18H,6-11H2,1-5H3,(H,21,23). The van der Waals surface area contributed by atoms with Crippen LogP contribution in [-0.2, 0) is 9.53 Å². The number of rotatable bonds is 6. The van der Waals surface area contributed by atoms with Gasteiger partial charge in [-0.25, -0.2) is 4.79 Å². The number of carbonyl (C=O) groups is 2. The second-order valence-corrected chi connectivity index (χ2v) is 7.63. The van der Waals surface area contributed by atoms with E-state index in [0.29, 0.717) is 23.9 Å². The molecule has 1 aromatic heterocycles. The predicted octanol–water partition coefficient (Wildman–Crippen LogP) is 3.93. The van der Waals surface area contributed by atoms with Crippen LogP contribution >= 0.6 is 0 Å². The molecule has 2 rings (SSSR count). The number of amides is 1. The zero-order valence-corrected chi connectivity index (χ0v) is 16.2. The second-order valence-electron chi connectivity index (χ2n) is 7.63. The summed E-state index contributed by atoms with van der Waals surface area (Å²) in [6.45, 7) is 8.12. The van der Waals surface area contributed by atoms with Gasteiger partial charge in [0.1, 0.15) is 6.04 Å². The van der Waals surface area contributed by atoms with Crippen LogP contribution in [0, 0.1) is 19.8 Å². The van der Waals surface area contributed by atoms with Gasteiger partial charge >= 0.3 is 5.97 Å². The Morgan fingerprint density at radius 1 is 1.24 bits per heavy atom. The van der Waals surface area contributed by atoms with Crippen molar-refractivity contribution in [1.29, 1.82) is 0 Å². The van der Waals surface area contributed by atoms with Crippen molar-refractivity contribution in [3.63, 3.8) is 0 Å². The van der Waals surface area contributed by atoms with E-state index in [1.54, 1.807) is 0 Å². The molecule has 5 heteroatoms. The maximum atomic E-state index is 12.8. The van der Waals surface area contributed by atoms with E-state index in [4.69, 9.17) is 4.74 Å². The number of carbonyl (C=O) groups excluding carboxylic acids is 2. The number of nitrogens with zero attached hydrogens (tertiary/aromatic N) is 1. The molecule has 140 valence electrons. The number of aromatic nitrogens is 1. The number of hydrogen-bond acceptors (Lipinski definition) is 3. The molecule has 25 heavy (non-hydrogen) atoms. The monoisotopic (exact) mass is 348 g/mol. The molecule has 1 heterocycles. The molecule has 1 fully saturated rings. The van der Waals surface area contributed by atoms with Gasteiger partial charge in [-0.1, -0.05) is 33.1 Å². The smallest absolute Gasteiger partial charge is 0.328 e.